The Morgan fingerprint density at radius 1 is 0.481 bits per heavy atom. The number of likely N-dealkylation sites (tertiary alicyclic amines) is 3. The van der Waals surface area contributed by atoms with E-state index in [1.54, 1.807) is 30.3 Å². The molecule has 0 N–H and O–H groups in total. The topological polar surface area (TPSA) is 168 Å². The van der Waals surface area contributed by atoms with Crippen LogP contribution in [0.3, 0.4) is 0 Å². The first-order valence-corrected chi connectivity index (χ1v) is 28.6. The van der Waals surface area contributed by atoms with Crippen LogP contribution in [0.25, 0.3) is 11.1 Å². The third-order valence-electron chi connectivity index (χ3n) is 19.1. The number of rotatable bonds is 13. The van der Waals surface area contributed by atoms with Crippen molar-refractivity contribution in [3.63, 3.8) is 0 Å². The van der Waals surface area contributed by atoms with Gasteiger partial charge in [-0.3, -0.25) is 58.0 Å². The van der Waals surface area contributed by atoms with Crippen LogP contribution >= 0.6 is 0 Å². The van der Waals surface area contributed by atoms with E-state index in [-0.39, 0.29) is 83.9 Å². The number of benzene rings is 4. The van der Waals surface area contributed by atoms with Crippen LogP contribution in [0.1, 0.15) is 96.0 Å². The van der Waals surface area contributed by atoms with Crippen LogP contribution in [0, 0.1) is 72.0 Å². The number of nitrogens with zero attached hydrogens (tertiary/aromatic N) is 4. The third-order valence-corrected chi connectivity index (χ3v) is 19.1. The van der Waals surface area contributed by atoms with Gasteiger partial charge in [0.25, 0.3) is 0 Å². The smallest absolute Gasteiger partial charge is 0.237 e. The van der Waals surface area contributed by atoms with Crippen LogP contribution in [-0.2, 0) is 38.4 Å². The predicted molar refractivity (Wildman–Crippen MR) is 294 cm³/mol. The lowest BCUT2D eigenvalue weighted by molar-refractivity contribution is -0.144. The summed E-state index contributed by atoms with van der Waals surface area (Å²) in [6, 6.07) is 30.4. The Balaban J connectivity index is 0.589. The number of hydrogen-bond acceptors (Lipinski definition) is 10. The molecule has 0 radical (unpaired) electrons. The summed E-state index contributed by atoms with van der Waals surface area (Å²) in [6.07, 6.45) is 15.1. The maximum Gasteiger partial charge on any atom is 0.237 e. The zero-order valence-corrected chi connectivity index (χ0v) is 45.2. The predicted octanol–water partition coefficient (Wildman–Crippen LogP) is 10.6. The molecular formula is C65H68N4O10. The van der Waals surface area contributed by atoms with Gasteiger partial charge in [-0.05, 0) is 173 Å². The number of aryl methyl sites for hydroxylation is 1. The largest absolute Gasteiger partial charge is 0.457 e. The van der Waals surface area contributed by atoms with Gasteiger partial charge in [0.15, 0.2) is 0 Å². The van der Waals surface area contributed by atoms with Gasteiger partial charge in [-0.2, -0.15) is 0 Å². The summed E-state index contributed by atoms with van der Waals surface area (Å²) in [5, 5.41) is 0. The van der Waals surface area contributed by atoms with Crippen molar-refractivity contribution in [2.45, 2.75) is 103 Å². The third kappa shape index (κ3) is 10.0. The van der Waals surface area contributed by atoms with E-state index in [1.807, 2.05) is 98.8 Å². The van der Waals surface area contributed by atoms with E-state index in [0.29, 0.717) is 48.4 Å². The molecule has 14 nitrogen and oxygen atoms in total. The molecule has 8 atom stereocenters. The van der Waals surface area contributed by atoms with Gasteiger partial charge in [-0.1, -0.05) is 78.6 Å². The molecule has 4 aromatic carbocycles. The average Bonchev–Trinajstić information content (AvgIpc) is 4.18. The van der Waals surface area contributed by atoms with E-state index in [4.69, 9.17) is 9.47 Å². The highest BCUT2D eigenvalue weighted by molar-refractivity contribution is 6.21. The van der Waals surface area contributed by atoms with Crippen molar-refractivity contribution < 1.29 is 47.8 Å². The van der Waals surface area contributed by atoms with Crippen molar-refractivity contribution >= 4 is 52.9 Å². The summed E-state index contributed by atoms with van der Waals surface area (Å²) < 4.78 is 12.1. The molecule has 4 aliphatic heterocycles. The van der Waals surface area contributed by atoms with Crippen molar-refractivity contribution in [2.75, 3.05) is 18.5 Å². The van der Waals surface area contributed by atoms with E-state index in [0.717, 1.165) is 86.0 Å². The van der Waals surface area contributed by atoms with Crippen LogP contribution < -0.4 is 14.4 Å². The second-order valence-electron chi connectivity index (χ2n) is 24.0. The van der Waals surface area contributed by atoms with Crippen molar-refractivity contribution in [1.29, 1.82) is 0 Å². The lowest BCUT2D eigenvalue weighted by atomic mass is 9.71. The minimum Gasteiger partial charge on any atom is -0.457 e. The maximum atomic E-state index is 14.2. The highest BCUT2D eigenvalue weighted by Gasteiger charge is 2.55. The van der Waals surface area contributed by atoms with Gasteiger partial charge >= 0.3 is 0 Å². The molecule has 0 aromatic heterocycles. The van der Waals surface area contributed by atoms with E-state index in [2.05, 4.69) is 0 Å². The molecule has 0 spiro atoms. The molecule has 8 aliphatic rings. The average molecular weight is 1070 g/mol. The Bertz CT molecular complexity index is 3150. The van der Waals surface area contributed by atoms with Crippen LogP contribution in [0.15, 0.2) is 121 Å². The zero-order chi connectivity index (χ0) is 54.8. The second-order valence-corrected chi connectivity index (χ2v) is 24.0. The molecule has 12 rings (SSSR count). The van der Waals surface area contributed by atoms with Gasteiger partial charge in [0.1, 0.15) is 23.0 Å². The lowest BCUT2D eigenvalue weighted by Gasteiger charge is -2.37. The quantitative estimate of drug-likeness (QED) is 0.0928. The Kier molecular flexibility index (Phi) is 14.1. The Morgan fingerprint density at radius 3 is 1.61 bits per heavy atom. The van der Waals surface area contributed by atoms with E-state index in [1.165, 1.54) is 32.2 Å². The van der Waals surface area contributed by atoms with Crippen LogP contribution in [-0.4, -0.2) is 81.6 Å². The van der Waals surface area contributed by atoms with E-state index >= 15 is 0 Å². The minimum atomic E-state index is -0.634. The molecule has 4 aromatic rings. The molecular weight excluding hydrogens is 997 g/mol. The molecule has 8 unspecified atom stereocenters. The monoisotopic (exact) mass is 1060 g/mol. The SMILES string of the molecule is CC1=CC(C2CC(=O)N(c3ccc(Oc4ccc(-c5ccc(Oc6ccc(C)cc6)cc5)cc4)cc3)C2=O)CC2C(=O)N(CC3CCC(CC4CCC(N5C(=O)CC(C6C=CC7C(=O)N(C)C(=O)C7C6)C5=O)CC4)CC3)C(=O)C12. The summed E-state index contributed by atoms with van der Waals surface area (Å²) in [7, 11) is 1.51. The molecule has 4 saturated heterocycles. The summed E-state index contributed by atoms with van der Waals surface area (Å²) in [6.45, 7) is 4.33. The standard InChI is InChI=1S/C65H68N4O10/c1-37-4-21-48(22-5-37)78-49-23-12-42(13-24-49)43-14-25-50(26-15-43)79-51-27-19-47(20-28-51)69-58(71)35-54(64(69)76)45-30-38(2)59-56(33-45)62(74)67(65(59)77)36-41-8-6-39(7-9-41)31-40-10-17-46(18-11-40)68-57(70)34-53(63(68)75)44-16-29-52-55(32-44)61(73)66(3)60(52)72/h4-5,12-16,19-30,39-41,44-46,52-56,59H,6-11,17-18,31-36H2,1-3H3. The van der Waals surface area contributed by atoms with Gasteiger partial charge in [-0.25, -0.2) is 0 Å². The van der Waals surface area contributed by atoms with Crippen molar-refractivity contribution in [2.24, 2.45) is 65.1 Å². The normalized spacial score (nSPS) is 30.8. The highest BCUT2D eigenvalue weighted by Crippen LogP contribution is 2.48. The fraction of sp³-hybridized carbons (Fsp3) is 0.446. The summed E-state index contributed by atoms with van der Waals surface area (Å²) in [5.41, 5.74) is 4.47. The van der Waals surface area contributed by atoms with Crippen molar-refractivity contribution in [1.82, 2.24) is 14.7 Å². The molecule has 408 valence electrons. The number of carbonyl (C=O) groups excluding carboxylic acids is 8. The van der Waals surface area contributed by atoms with Crippen molar-refractivity contribution in [3.05, 3.63) is 126 Å². The van der Waals surface area contributed by atoms with Gasteiger partial charge in [0.05, 0.1) is 41.2 Å². The van der Waals surface area contributed by atoms with Gasteiger partial charge in [0, 0.05) is 32.5 Å². The van der Waals surface area contributed by atoms with Gasteiger partial charge in [0.2, 0.25) is 47.3 Å². The van der Waals surface area contributed by atoms with Gasteiger partial charge in [-0.15, -0.1) is 0 Å². The van der Waals surface area contributed by atoms with Crippen LogP contribution in [0.4, 0.5) is 5.69 Å². The number of amides is 8. The Morgan fingerprint density at radius 2 is 1.00 bits per heavy atom. The summed E-state index contributed by atoms with van der Waals surface area (Å²) in [5.74, 6) is -1.29. The van der Waals surface area contributed by atoms with E-state index in [9.17, 15) is 38.4 Å². The van der Waals surface area contributed by atoms with Crippen LogP contribution in [0.2, 0.25) is 0 Å². The molecule has 2 saturated carbocycles. The summed E-state index contributed by atoms with van der Waals surface area (Å²) >= 11 is 0. The van der Waals surface area contributed by atoms with Crippen LogP contribution in [0.5, 0.6) is 23.0 Å². The molecule has 8 amide bonds. The highest BCUT2D eigenvalue weighted by atomic mass is 16.5. The molecule has 4 aliphatic carbocycles. The lowest BCUT2D eigenvalue weighted by Crippen LogP contribution is -2.43. The fourth-order valence-electron chi connectivity index (χ4n) is 14.8. The molecule has 79 heavy (non-hydrogen) atoms. The van der Waals surface area contributed by atoms with Crippen molar-refractivity contribution in [3.8, 4) is 34.1 Å². The maximum absolute atomic E-state index is 14.2. The molecule has 4 heterocycles. The first-order chi connectivity index (χ1) is 38.1. The second kappa shape index (κ2) is 21.3. The number of carbonyl (C=O) groups is 8. The summed E-state index contributed by atoms with van der Waals surface area (Å²) in [4.78, 5) is 114. The number of imide groups is 4. The van der Waals surface area contributed by atoms with E-state index < -0.39 is 35.5 Å². The molecule has 14 heteroatoms. The number of fused-ring (bicyclic) bond motifs is 2. The van der Waals surface area contributed by atoms with Gasteiger partial charge < -0.3 is 9.47 Å². The molecule has 0 bridgehead atoms. The first-order valence-electron chi connectivity index (χ1n) is 28.6. The number of allylic oxidation sites excluding steroid dienone is 2. The number of hydrogen-bond donors (Lipinski definition) is 0. The number of anilines is 1. The first kappa shape index (κ1) is 52.2. The fourth-order valence-corrected chi connectivity index (χ4v) is 14.8. The zero-order valence-electron chi connectivity index (χ0n) is 45.2. The molecule has 6 fully saturated rings. The Hall–Kier alpha value is -7.48. The minimum absolute atomic E-state index is 0.0281. The number of ether oxygens (including phenoxy) is 2. The Labute approximate surface area is 461 Å².